The number of nitrogens with zero attached hydrogens (tertiary/aromatic N) is 2. The van der Waals surface area contributed by atoms with Crippen molar-refractivity contribution < 1.29 is 9.90 Å². The molecule has 1 aromatic heterocycles. The molecule has 1 aromatic rings. The number of hydrogen-bond acceptors (Lipinski definition) is 4. The molecule has 0 saturated carbocycles. The summed E-state index contributed by atoms with van der Waals surface area (Å²) in [6.45, 7) is 6.48. The van der Waals surface area contributed by atoms with E-state index in [0.29, 0.717) is 6.54 Å². The van der Waals surface area contributed by atoms with E-state index in [2.05, 4.69) is 29.1 Å². The third-order valence-corrected chi connectivity index (χ3v) is 4.94. The Labute approximate surface area is 118 Å². The number of likely N-dealkylation sites (tertiary alicyclic amines) is 1. The zero-order valence-electron chi connectivity index (χ0n) is 11.7. The van der Waals surface area contributed by atoms with E-state index in [1.54, 1.807) is 11.3 Å². The fraction of sp³-hybridized carbons (Fsp3) is 0.714. The van der Waals surface area contributed by atoms with E-state index in [4.69, 9.17) is 0 Å². The number of thiazole rings is 1. The van der Waals surface area contributed by atoms with Gasteiger partial charge in [-0.15, -0.1) is 11.3 Å². The summed E-state index contributed by atoms with van der Waals surface area (Å²) in [4.78, 5) is 18.3. The van der Waals surface area contributed by atoms with Crippen LogP contribution in [0.15, 0.2) is 5.38 Å². The van der Waals surface area contributed by atoms with E-state index in [0.717, 1.165) is 49.5 Å². The largest absolute Gasteiger partial charge is 0.481 e. The Morgan fingerprint density at radius 3 is 2.95 bits per heavy atom. The van der Waals surface area contributed by atoms with E-state index in [1.807, 2.05) is 0 Å². The van der Waals surface area contributed by atoms with Gasteiger partial charge in [-0.2, -0.15) is 0 Å². The maximum atomic E-state index is 11.5. The average Bonchev–Trinajstić information content (AvgIpc) is 2.98. The normalized spacial score (nSPS) is 23.9. The minimum absolute atomic E-state index is 0.529. The molecule has 0 spiro atoms. The van der Waals surface area contributed by atoms with Gasteiger partial charge >= 0.3 is 5.97 Å². The summed E-state index contributed by atoms with van der Waals surface area (Å²) in [5, 5.41) is 12.7. The van der Waals surface area contributed by atoms with E-state index < -0.39 is 11.4 Å². The lowest BCUT2D eigenvalue weighted by molar-refractivity contribution is -0.148. The topological polar surface area (TPSA) is 53.4 Å². The first-order chi connectivity index (χ1) is 9.09. The standard InChI is InChI=1S/C14H22N2O2S/c1-3-5-14(13(17)18)6-7-16(10-14)8-11-9-19-12(4-2)15-11/h9H,3-8,10H2,1-2H3,(H,17,18). The lowest BCUT2D eigenvalue weighted by Crippen LogP contribution is -2.34. The second kappa shape index (κ2) is 6.01. The molecule has 5 heteroatoms. The SMILES string of the molecule is CCCC1(C(=O)O)CCN(Cc2csc(CC)n2)C1. The Morgan fingerprint density at radius 2 is 2.37 bits per heavy atom. The molecule has 1 atom stereocenters. The van der Waals surface area contributed by atoms with Crippen molar-refractivity contribution in [3.8, 4) is 0 Å². The van der Waals surface area contributed by atoms with Crippen molar-refractivity contribution in [2.24, 2.45) is 5.41 Å². The Bertz CT molecular complexity index is 446. The van der Waals surface area contributed by atoms with E-state index in [9.17, 15) is 9.90 Å². The van der Waals surface area contributed by atoms with Gasteiger partial charge in [0.25, 0.3) is 0 Å². The summed E-state index contributed by atoms with van der Waals surface area (Å²) in [6.07, 6.45) is 3.44. The minimum Gasteiger partial charge on any atom is -0.481 e. The van der Waals surface area contributed by atoms with Gasteiger partial charge < -0.3 is 5.11 Å². The van der Waals surface area contributed by atoms with Crippen molar-refractivity contribution in [3.05, 3.63) is 16.1 Å². The average molecular weight is 282 g/mol. The number of carbonyl (C=O) groups is 1. The van der Waals surface area contributed by atoms with Gasteiger partial charge in [0.2, 0.25) is 0 Å². The molecule has 0 bridgehead atoms. The molecule has 1 aliphatic rings. The van der Waals surface area contributed by atoms with Crippen LogP contribution in [0.25, 0.3) is 0 Å². The molecule has 1 N–H and O–H groups in total. The lowest BCUT2D eigenvalue weighted by Gasteiger charge is -2.24. The van der Waals surface area contributed by atoms with Gasteiger partial charge in [-0.05, 0) is 25.8 Å². The van der Waals surface area contributed by atoms with Crippen LogP contribution < -0.4 is 0 Å². The van der Waals surface area contributed by atoms with Crippen LogP contribution in [-0.4, -0.2) is 34.0 Å². The second-order valence-corrected chi connectivity index (χ2v) is 6.32. The number of aliphatic carboxylic acids is 1. The van der Waals surface area contributed by atoms with Crippen molar-refractivity contribution in [1.82, 2.24) is 9.88 Å². The molecule has 1 aliphatic heterocycles. The van der Waals surface area contributed by atoms with Crippen LogP contribution in [0.1, 0.15) is 43.8 Å². The predicted molar refractivity (Wildman–Crippen MR) is 76.4 cm³/mol. The van der Waals surface area contributed by atoms with Gasteiger partial charge in [0, 0.05) is 18.5 Å². The molecule has 0 amide bonds. The first-order valence-corrected chi connectivity index (χ1v) is 7.86. The Hall–Kier alpha value is -0.940. The molecular formula is C14H22N2O2S. The third kappa shape index (κ3) is 3.15. The van der Waals surface area contributed by atoms with Crippen LogP contribution in [0.2, 0.25) is 0 Å². The highest BCUT2D eigenvalue weighted by Gasteiger charge is 2.43. The number of rotatable bonds is 6. The Kier molecular flexibility index (Phi) is 4.58. The first kappa shape index (κ1) is 14.5. The summed E-state index contributed by atoms with van der Waals surface area (Å²) in [5.41, 5.74) is 0.553. The molecule has 106 valence electrons. The van der Waals surface area contributed by atoms with Crippen LogP contribution in [0.4, 0.5) is 0 Å². The second-order valence-electron chi connectivity index (χ2n) is 5.38. The van der Waals surface area contributed by atoms with Gasteiger partial charge in [-0.25, -0.2) is 4.98 Å². The molecule has 0 radical (unpaired) electrons. The molecule has 19 heavy (non-hydrogen) atoms. The number of aryl methyl sites for hydroxylation is 1. The van der Waals surface area contributed by atoms with Crippen molar-refractivity contribution in [1.29, 1.82) is 0 Å². The molecule has 2 rings (SSSR count). The molecule has 1 unspecified atom stereocenters. The Balaban J connectivity index is 1.99. The van der Waals surface area contributed by atoms with Crippen molar-refractivity contribution in [2.75, 3.05) is 13.1 Å². The maximum absolute atomic E-state index is 11.5. The molecular weight excluding hydrogens is 260 g/mol. The predicted octanol–water partition coefficient (Wildman–Crippen LogP) is 2.78. The van der Waals surface area contributed by atoms with Gasteiger partial charge in [0.05, 0.1) is 16.1 Å². The fourth-order valence-electron chi connectivity index (χ4n) is 2.87. The number of aromatic nitrogens is 1. The fourth-order valence-corrected chi connectivity index (χ4v) is 3.61. The Morgan fingerprint density at radius 1 is 1.58 bits per heavy atom. The summed E-state index contributed by atoms with van der Waals surface area (Å²) >= 11 is 1.70. The van der Waals surface area contributed by atoms with Gasteiger partial charge in [0.15, 0.2) is 0 Å². The summed E-state index contributed by atoms with van der Waals surface area (Å²) < 4.78 is 0. The van der Waals surface area contributed by atoms with Crippen LogP contribution in [0.5, 0.6) is 0 Å². The molecule has 2 heterocycles. The minimum atomic E-state index is -0.635. The monoisotopic (exact) mass is 282 g/mol. The molecule has 0 aromatic carbocycles. The van der Waals surface area contributed by atoms with Crippen LogP contribution in [-0.2, 0) is 17.8 Å². The number of carboxylic acid groups (broad SMARTS) is 1. The van der Waals surface area contributed by atoms with Gasteiger partial charge in [0.1, 0.15) is 0 Å². The third-order valence-electron chi connectivity index (χ3n) is 3.90. The molecule has 4 nitrogen and oxygen atoms in total. The quantitative estimate of drug-likeness (QED) is 0.871. The van der Waals surface area contributed by atoms with Crippen molar-refractivity contribution in [3.63, 3.8) is 0 Å². The van der Waals surface area contributed by atoms with E-state index in [1.165, 1.54) is 0 Å². The number of hydrogen-bond donors (Lipinski definition) is 1. The van der Waals surface area contributed by atoms with E-state index >= 15 is 0 Å². The van der Waals surface area contributed by atoms with Gasteiger partial charge in [-0.1, -0.05) is 20.3 Å². The highest BCUT2D eigenvalue weighted by Crippen LogP contribution is 2.36. The van der Waals surface area contributed by atoms with Crippen molar-refractivity contribution >= 4 is 17.3 Å². The van der Waals surface area contributed by atoms with Crippen LogP contribution in [0.3, 0.4) is 0 Å². The van der Waals surface area contributed by atoms with Crippen molar-refractivity contribution in [2.45, 2.75) is 46.1 Å². The van der Waals surface area contributed by atoms with Crippen LogP contribution >= 0.6 is 11.3 Å². The van der Waals surface area contributed by atoms with Crippen LogP contribution in [0, 0.1) is 5.41 Å². The lowest BCUT2D eigenvalue weighted by atomic mass is 9.83. The zero-order valence-corrected chi connectivity index (χ0v) is 12.5. The highest BCUT2D eigenvalue weighted by molar-refractivity contribution is 7.09. The maximum Gasteiger partial charge on any atom is 0.310 e. The summed E-state index contributed by atoms with van der Waals surface area (Å²) in [7, 11) is 0. The summed E-state index contributed by atoms with van der Waals surface area (Å²) in [6, 6.07) is 0. The van der Waals surface area contributed by atoms with Gasteiger partial charge in [-0.3, -0.25) is 9.69 Å². The number of carboxylic acids is 1. The van der Waals surface area contributed by atoms with E-state index in [-0.39, 0.29) is 0 Å². The first-order valence-electron chi connectivity index (χ1n) is 6.98. The summed E-state index contributed by atoms with van der Waals surface area (Å²) in [5.74, 6) is -0.635. The molecule has 0 aliphatic carbocycles. The molecule has 1 saturated heterocycles. The smallest absolute Gasteiger partial charge is 0.310 e. The highest BCUT2D eigenvalue weighted by atomic mass is 32.1. The zero-order chi connectivity index (χ0) is 13.9. The molecule has 1 fully saturated rings.